The molecule has 0 radical (unpaired) electrons. The van der Waals surface area contributed by atoms with Gasteiger partial charge in [0, 0.05) is 19.1 Å². The van der Waals surface area contributed by atoms with Crippen LogP contribution in [0.25, 0.3) is 0 Å². The van der Waals surface area contributed by atoms with E-state index in [1.807, 2.05) is 13.0 Å². The molecule has 0 fully saturated rings. The highest BCUT2D eigenvalue weighted by atomic mass is 16.5. The number of hydrogen-bond donors (Lipinski definition) is 1. The van der Waals surface area contributed by atoms with Gasteiger partial charge in [0.15, 0.2) is 0 Å². The lowest BCUT2D eigenvalue weighted by molar-refractivity contribution is -0.132. The summed E-state index contributed by atoms with van der Waals surface area (Å²) < 4.78 is 5.43. The Morgan fingerprint density at radius 2 is 2.05 bits per heavy atom. The number of ether oxygens (including phenoxy) is 1. The second-order valence-electron chi connectivity index (χ2n) is 5.63. The number of hydrogen-bond acceptors (Lipinski definition) is 2. The third kappa shape index (κ3) is 3.24. The van der Waals surface area contributed by atoms with Crippen LogP contribution in [0.2, 0.25) is 0 Å². The summed E-state index contributed by atoms with van der Waals surface area (Å²) in [5.74, 6) is -0.823. The summed E-state index contributed by atoms with van der Waals surface area (Å²) in [4.78, 5) is 11.0. The fraction of sp³-hybridized carbons (Fsp3) is 0.389. The van der Waals surface area contributed by atoms with Gasteiger partial charge in [0.2, 0.25) is 0 Å². The van der Waals surface area contributed by atoms with Crippen molar-refractivity contribution in [3.8, 4) is 0 Å². The van der Waals surface area contributed by atoms with Crippen LogP contribution in [0.3, 0.4) is 0 Å². The van der Waals surface area contributed by atoms with Crippen molar-refractivity contribution < 1.29 is 14.6 Å². The van der Waals surface area contributed by atoms with E-state index in [1.165, 1.54) is 22.3 Å². The molecule has 0 bridgehead atoms. The topological polar surface area (TPSA) is 46.5 Å². The molecule has 1 unspecified atom stereocenters. The lowest BCUT2D eigenvalue weighted by atomic mass is 9.90. The molecule has 0 saturated heterocycles. The second kappa shape index (κ2) is 6.27. The van der Waals surface area contributed by atoms with E-state index < -0.39 is 5.97 Å². The predicted octanol–water partition coefficient (Wildman–Crippen LogP) is 3.89. The van der Waals surface area contributed by atoms with Gasteiger partial charge in [-0.3, -0.25) is 0 Å². The molecule has 21 heavy (non-hydrogen) atoms. The smallest absolute Gasteiger partial charge is 0.331 e. The molecule has 0 amide bonds. The van der Waals surface area contributed by atoms with Crippen molar-refractivity contribution in [2.75, 3.05) is 7.11 Å². The van der Waals surface area contributed by atoms with Gasteiger partial charge in [-0.2, -0.15) is 0 Å². The van der Waals surface area contributed by atoms with Crippen molar-refractivity contribution in [1.82, 2.24) is 0 Å². The lowest BCUT2D eigenvalue weighted by Gasteiger charge is -2.19. The zero-order valence-corrected chi connectivity index (χ0v) is 13.1. The zero-order chi connectivity index (χ0) is 15.6. The Morgan fingerprint density at radius 1 is 1.33 bits per heavy atom. The number of carboxylic acid groups (broad SMARTS) is 1. The number of allylic oxidation sites excluding steroid dienone is 3. The highest BCUT2D eigenvalue weighted by Crippen LogP contribution is 2.30. The minimum absolute atomic E-state index is 0.0645. The summed E-state index contributed by atoms with van der Waals surface area (Å²) in [5.41, 5.74) is 6.59. The van der Waals surface area contributed by atoms with Gasteiger partial charge >= 0.3 is 5.97 Å². The number of carboxylic acids is 1. The fourth-order valence-electron chi connectivity index (χ4n) is 2.83. The lowest BCUT2D eigenvalue weighted by Crippen LogP contribution is -2.05. The minimum atomic E-state index is -0.823. The zero-order valence-electron chi connectivity index (χ0n) is 13.1. The SMILES string of the molecule is COC(C)c1ccc(C)c(CC2=CC=C(C(=O)O)C2)c1C. The first-order valence-electron chi connectivity index (χ1n) is 7.17. The molecule has 1 aromatic rings. The van der Waals surface area contributed by atoms with E-state index in [4.69, 9.17) is 9.84 Å². The van der Waals surface area contributed by atoms with Gasteiger partial charge in [0.05, 0.1) is 6.10 Å². The molecule has 1 atom stereocenters. The largest absolute Gasteiger partial charge is 0.478 e. The maximum atomic E-state index is 11.0. The molecule has 1 aliphatic carbocycles. The molecule has 1 aromatic carbocycles. The number of benzene rings is 1. The van der Waals surface area contributed by atoms with Crippen LogP contribution in [0.5, 0.6) is 0 Å². The Kier molecular flexibility index (Phi) is 4.63. The average molecular weight is 286 g/mol. The van der Waals surface area contributed by atoms with Gasteiger partial charge in [0.25, 0.3) is 0 Å². The van der Waals surface area contributed by atoms with E-state index in [9.17, 15) is 4.79 Å². The third-order valence-corrected chi connectivity index (χ3v) is 4.28. The molecule has 3 heteroatoms. The number of methoxy groups -OCH3 is 1. The Morgan fingerprint density at radius 3 is 2.62 bits per heavy atom. The van der Waals surface area contributed by atoms with Crippen LogP contribution in [-0.4, -0.2) is 18.2 Å². The van der Waals surface area contributed by atoms with Crippen molar-refractivity contribution in [2.24, 2.45) is 0 Å². The Bertz CT molecular complexity index is 624. The predicted molar refractivity (Wildman–Crippen MR) is 83.5 cm³/mol. The number of aliphatic carboxylic acids is 1. The van der Waals surface area contributed by atoms with Crippen LogP contribution in [0, 0.1) is 13.8 Å². The molecular formula is C18H22O3. The summed E-state index contributed by atoms with van der Waals surface area (Å²) in [6.45, 7) is 6.26. The summed E-state index contributed by atoms with van der Waals surface area (Å²) in [6, 6.07) is 4.24. The monoisotopic (exact) mass is 286 g/mol. The average Bonchev–Trinajstić information content (AvgIpc) is 2.91. The van der Waals surface area contributed by atoms with Gasteiger partial charge in [-0.15, -0.1) is 0 Å². The normalized spacial score (nSPS) is 15.6. The van der Waals surface area contributed by atoms with Gasteiger partial charge in [-0.1, -0.05) is 29.9 Å². The molecule has 0 aliphatic heterocycles. The Labute approximate surface area is 125 Å². The van der Waals surface area contributed by atoms with E-state index in [1.54, 1.807) is 13.2 Å². The maximum absolute atomic E-state index is 11.0. The van der Waals surface area contributed by atoms with Crippen LogP contribution in [-0.2, 0) is 16.0 Å². The number of rotatable bonds is 5. The maximum Gasteiger partial charge on any atom is 0.331 e. The van der Waals surface area contributed by atoms with Crippen molar-refractivity contribution in [1.29, 1.82) is 0 Å². The van der Waals surface area contributed by atoms with Crippen LogP contribution in [0.1, 0.15) is 41.7 Å². The third-order valence-electron chi connectivity index (χ3n) is 4.28. The van der Waals surface area contributed by atoms with Crippen LogP contribution >= 0.6 is 0 Å². The van der Waals surface area contributed by atoms with E-state index in [-0.39, 0.29) is 6.10 Å². The first-order chi connectivity index (χ1) is 9.93. The Hall–Kier alpha value is -1.87. The fourth-order valence-corrected chi connectivity index (χ4v) is 2.83. The molecule has 1 aliphatic rings. The Balaban J connectivity index is 2.24. The van der Waals surface area contributed by atoms with Crippen molar-refractivity contribution in [3.05, 3.63) is 57.7 Å². The highest BCUT2D eigenvalue weighted by molar-refractivity contribution is 5.88. The molecular weight excluding hydrogens is 264 g/mol. The van der Waals surface area contributed by atoms with Gasteiger partial charge in [-0.05, 0) is 49.4 Å². The summed E-state index contributed by atoms with van der Waals surface area (Å²) >= 11 is 0. The van der Waals surface area contributed by atoms with E-state index in [2.05, 4.69) is 26.0 Å². The summed E-state index contributed by atoms with van der Waals surface area (Å²) in [6.07, 6.45) is 5.06. The van der Waals surface area contributed by atoms with E-state index in [0.29, 0.717) is 12.0 Å². The van der Waals surface area contributed by atoms with Crippen LogP contribution in [0.4, 0.5) is 0 Å². The van der Waals surface area contributed by atoms with E-state index in [0.717, 1.165) is 12.0 Å². The molecule has 0 spiro atoms. The molecule has 1 N–H and O–H groups in total. The summed E-state index contributed by atoms with van der Waals surface area (Å²) in [7, 11) is 1.71. The van der Waals surface area contributed by atoms with Crippen LogP contribution in [0.15, 0.2) is 35.4 Å². The van der Waals surface area contributed by atoms with Crippen molar-refractivity contribution in [3.63, 3.8) is 0 Å². The van der Waals surface area contributed by atoms with Crippen LogP contribution < -0.4 is 0 Å². The van der Waals surface area contributed by atoms with Crippen molar-refractivity contribution in [2.45, 2.75) is 39.7 Å². The highest BCUT2D eigenvalue weighted by Gasteiger charge is 2.18. The molecule has 0 heterocycles. The molecule has 0 aromatic heterocycles. The quantitative estimate of drug-likeness (QED) is 0.893. The van der Waals surface area contributed by atoms with E-state index >= 15 is 0 Å². The van der Waals surface area contributed by atoms with Gasteiger partial charge in [0.1, 0.15) is 0 Å². The second-order valence-corrected chi connectivity index (χ2v) is 5.63. The number of aryl methyl sites for hydroxylation is 1. The van der Waals surface area contributed by atoms with Gasteiger partial charge < -0.3 is 9.84 Å². The molecule has 3 nitrogen and oxygen atoms in total. The molecule has 2 rings (SSSR count). The van der Waals surface area contributed by atoms with Crippen molar-refractivity contribution >= 4 is 5.97 Å². The first-order valence-corrected chi connectivity index (χ1v) is 7.17. The standard InChI is InChI=1S/C18H22O3/c1-11-5-8-16(13(3)21-4)12(2)17(11)10-14-6-7-15(9-14)18(19)20/h5-8,13H,9-10H2,1-4H3,(H,19,20). The number of carbonyl (C=O) groups is 1. The molecule has 0 saturated carbocycles. The molecule has 112 valence electrons. The minimum Gasteiger partial charge on any atom is -0.478 e. The first kappa shape index (κ1) is 15.5. The van der Waals surface area contributed by atoms with Gasteiger partial charge in [-0.25, -0.2) is 4.79 Å². The summed E-state index contributed by atoms with van der Waals surface area (Å²) in [5, 5.41) is 9.04.